The van der Waals surface area contributed by atoms with Crippen molar-refractivity contribution in [2.45, 2.75) is 6.43 Å². The maximum absolute atomic E-state index is 12.5. The summed E-state index contributed by atoms with van der Waals surface area (Å²) in [4.78, 5) is 23.3. The van der Waals surface area contributed by atoms with E-state index in [-0.39, 0.29) is 15.4 Å². The Bertz CT molecular complexity index is 425. The number of carbonyl (C=O) groups excluding carboxylic acids is 1. The summed E-state index contributed by atoms with van der Waals surface area (Å²) in [5.74, 6) is -0.670. The number of nitrogens with zero attached hydrogens (tertiary/aromatic N) is 2. The molecule has 0 radical (unpaired) electrons. The van der Waals surface area contributed by atoms with Crippen LogP contribution in [0.4, 0.5) is 14.6 Å². The second-order valence-corrected chi connectivity index (χ2v) is 3.52. The highest BCUT2D eigenvalue weighted by Crippen LogP contribution is 2.31. The van der Waals surface area contributed by atoms with Crippen molar-refractivity contribution in [2.24, 2.45) is 0 Å². The van der Waals surface area contributed by atoms with Gasteiger partial charge in [-0.1, -0.05) is 0 Å². The van der Waals surface area contributed by atoms with Gasteiger partial charge in [0.05, 0.1) is 11.1 Å². The summed E-state index contributed by atoms with van der Waals surface area (Å²) >= 11 is 1.38. The van der Waals surface area contributed by atoms with Crippen LogP contribution in [0.2, 0.25) is 0 Å². The lowest BCUT2D eigenvalue weighted by Gasteiger charge is -2.04. The number of aldehydes is 1. The van der Waals surface area contributed by atoms with Gasteiger partial charge in [-0.3, -0.25) is 4.79 Å². The normalized spacial score (nSPS) is 10.4. The standard InChI is InChI=1S/C7H3F2IN2O3/c8-6(9)4-3(2-13)1-11-7(5(4)10)12(14)15/h1-2,6H. The first-order valence-corrected chi connectivity index (χ1v) is 4.63. The van der Waals surface area contributed by atoms with Crippen LogP contribution in [0.3, 0.4) is 0 Å². The molecule has 0 amide bonds. The van der Waals surface area contributed by atoms with Crippen molar-refractivity contribution < 1.29 is 18.5 Å². The number of hydrogen-bond donors (Lipinski definition) is 0. The Labute approximate surface area is 95.8 Å². The summed E-state index contributed by atoms with van der Waals surface area (Å²) < 4.78 is 24.7. The molecular weight excluding hydrogens is 325 g/mol. The molecule has 1 rings (SSSR count). The van der Waals surface area contributed by atoms with Crippen LogP contribution in [-0.2, 0) is 0 Å². The van der Waals surface area contributed by atoms with Gasteiger partial charge in [-0.15, -0.1) is 0 Å². The molecule has 0 spiro atoms. The van der Waals surface area contributed by atoms with E-state index >= 15 is 0 Å². The number of rotatable bonds is 3. The molecule has 0 aromatic carbocycles. The molecule has 0 N–H and O–H groups in total. The lowest BCUT2D eigenvalue weighted by molar-refractivity contribution is -0.390. The predicted molar refractivity (Wildman–Crippen MR) is 54.0 cm³/mol. The Balaban J connectivity index is 3.49. The highest BCUT2D eigenvalue weighted by atomic mass is 127. The van der Waals surface area contributed by atoms with E-state index in [4.69, 9.17) is 0 Å². The Morgan fingerprint density at radius 1 is 1.60 bits per heavy atom. The van der Waals surface area contributed by atoms with E-state index in [2.05, 4.69) is 4.98 Å². The molecule has 0 aliphatic rings. The van der Waals surface area contributed by atoms with E-state index in [0.29, 0.717) is 0 Å². The lowest BCUT2D eigenvalue weighted by atomic mass is 10.1. The van der Waals surface area contributed by atoms with Crippen LogP contribution >= 0.6 is 22.6 Å². The fraction of sp³-hybridized carbons (Fsp3) is 0.143. The smallest absolute Gasteiger partial charge is 0.358 e. The Morgan fingerprint density at radius 2 is 2.20 bits per heavy atom. The van der Waals surface area contributed by atoms with Crippen molar-refractivity contribution in [3.8, 4) is 0 Å². The van der Waals surface area contributed by atoms with E-state index in [1.807, 2.05) is 0 Å². The molecule has 0 bridgehead atoms. The van der Waals surface area contributed by atoms with Crippen LogP contribution in [-0.4, -0.2) is 16.2 Å². The van der Waals surface area contributed by atoms with Gasteiger partial charge in [-0.05, 0) is 32.5 Å². The van der Waals surface area contributed by atoms with Crippen molar-refractivity contribution in [1.29, 1.82) is 0 Å². The van der Waals surface area contributed by atoms with Crippen LogP contribution in [0.25, 0.3) is 0 Å². The molecule has 0 saturated carbocycles. The molecule has 1 heterocycles. The SMILES string of the molecule is O=Cc1cnc([N+](=O)[O-])c(I)c1C(F)F. The van der Waals surface area contributed by atoms with Gasteiger partial charge in [0, 0.05) is 0 Å². The minimum atomic E-state index is -2.95. The maximum atomic E-state index is 12.5. The predicted octanol–water partition coefficient (Wildman–Crippen LogP) is 2.34. The molecular formula is C7H3F2IN2O3. The molecule has 0 aliphatic heterocycles. The molecule has 80 valence electrons. The van der Waals surface area contributed by atoms with Crippen molar-refractivity contribution in [3.05, 3.63) is 31.0 Å². The molecule has 15 heavy (non-hydrogen) atoms. The van der Waals surface area contributed by atoms with Gasteiger partial charge in [0.15, 0.2) is 12.5 Å². The number of halogens is 3. The molecule has 0 saturated heterocycles. The molecule has 1 aromatic rings. The van der Waals surface area contributed by atoms with Crippen molar-refractivity contribution in [3.63, 3.8) is 0 Å². The average Bonchev–Trinajstić information content (AvgIpc) is 2.15. The lowest BCUT2D eigenvalue weighted by Crippen LogP contribution is -2.04. The van der Waals surface area contributed by atoms with Crippen molar-refractivity contribution in [1.82, 2.24) is 4.98 Å². The summed E-state index contributed by atoms with van der Waals surface area (Å²) in [5, 5.41) is 10.4. The van der Waals surface area contributed by atoms with Gasteiger partial charge in [0.25, 0.3) is 6.43 Å². The molecule has 0 unspecified atom stereocenters. The fourth-order valence-corrected chi connectivity index (χ4v) is 1.83. The summed E-state index contributed by atoms with van der Waals surface area (Å²) in [6.07, 6.45) is -1.98. The van der Waals surface area contributed by atoms with Crippen LogP contribution in [0, 0.1) is 13.7 Å². The quantitative estimate of drug-likeness (QED) is 0.369. The van der Waals surface area contributed by atoms with E-state index < -0.39 is 22.7 Å². The number of nitro groups is 1. The van der Waals surface area contributed by atoms with Crippen LogP contribution in [0.15, 0.2) is 6.20 Å². The fourth-order valence-electron chi connectivity index (χ4n) is 0.947. The first-order valence-electron chi connectivity index (χ1n) is 3.55. The molecule has 1 aromatic heterocycles. The Morgan fingerprint density at radius 3 is 2.60 bits per heavy atom. The largest absolute Gasteiger partial charge is 0.377 e. The zero-order valence-electron chi connectivity index (χ0n) is 6.99. The minimum absolute atomic E-state index is 0.195. The second-order valence-electron chi connectivity index (χ2n) is 2.44. The molecule has 0 atom stereocenters. The van der Waals surface area contributed by atoms with Crippen LogP contribution in [0.5, 0.6) is 0 Å². The molecule has 8 heteroatoms. The first-order chi connectivity index (χ1) is 6.99. The summed E-state index contributed by atoms with van der Waals surface area (Å²) in [6, 6.07) is 0. The van der Waals surface area contributed by atoms with Gasteiger partial charge in [0.2, 0.25) is 0 Å². The maximum Gasteiger partial charge on any atom is 0.377 e. The second kappa shape index (κ2) is 4.55. The van der Waals surface area contributed by atoms with Crippen LogP contribution < -0.4 is 0 Å². The van der Waals surface area contributed by atoms with Gasteiger partial charge in [-0.2, -0.15) is 0 Å². The van der Waals surface area contributed by atoms with E-state index in [1.165, 1.54) is 22.6 Å². The topological polar surface area (TPSA) is 73.1 Å². The van der Waals surface area contributed by atoms with Crippen LogP contribution in [0.1, 0.15) is 22.3 Å². The van der Waals surface area contributed by atoms with Gasteiger partial charge >= 0.3 is 5.82 Å². The third kappa shape index (κ3) is 2.25. The summed E-state index contributed by atoms with van der Waals surface area (Å²) in [6.45, 7) is 0. The van der Waals surface area contributed by atoms with Crippen molar-refractivity contribution in [2.75, 3.05) is 0 Å². The molecule has 0 fully saturated rings. The summed E-state index contributed by atoms with van der Waals surface area (Å²) in [5.41, 5.74) is -0.979. The highest BCUT2D eigenvalue weighted by molar-refractivity contribution is 14.1. The number of carbonyl (C=O) groups is 1. The van der Waals surface area contributed by atoms with Gasteiger partial charge in [0.1, 0.15) is 3.57 Å². The number of pyridine rings is 1. The van der Waals surface area contributed by atoms with Gasteiger partial charge < -0.3 is 10.1 Å². The average molecular weight is 328 g/mol. The first kappa shape index (κ1) is 11.9. The minimum Gasteiger partial charge on any atom is -0.358 e. The van der Waals surface area contributed by atoms with E-state index in [1.54, 1.807) is 0 Å². The molecule has 5 nitrogen and oxygen atoms in total. The zero-order valence-corrected chi connectivity index (χ0v) is 9.14. The highest BCUT2D eigenvalue weighted by Gasteiger charge is 2.26. The number of alkyl halides is 2. The zero-order chi connectivity index (χ0) is 11.6. The third-order valence-electron chi connectivity index (χ3n) is 1.59. The Kier molecular flexibility index (Phi) is 3.61. The summed E-state index contributed by atoms with van der Waals surface area (Å²) in [7, 11) is 0. The molecule has 0 aliphatic carbocycles. The van der Waals surface area contributed by atoms with Crippen molar-refractivity contribution >= 4 is 34.7 Å². The van der Waals surface area contributed by atoms with E-state index in [0.717, 1.165) is 6.20 Å². The monoisotopic (exact) mass is 328 g/mol. The van der Waals surface area contributed by atoms with Gasteiger partial charge in [-0.25, -0.2) is 8.78 Å². The number of aromatic nitrogens is 1. The Hall–Kier alpha value is -1.19. The number of hydrogen-bond acceptors (Lipinski definition) is 4. The van der Waals surface area contributed by atoms with E-state index in [9.17, 15) is 23.7 Å². The third-order valence-corrected chi connectivity index (χ3v) is 2.65.